The Morgan fingerprint density at radius 2 is 2.17 bits per heavy atom. The highest BCUT2D eigenvalue weighted by atomic mass is 19.1. The zero-order valence-electron chi connectivity index (χ0n) is 19.2. The van der Waals surface area contributed by atoms with Gasteiger partial charge < -0.3 is 25.0 Å². The summed E-state index contributed by atoms with van der Waals surface area (Å²) in [6, 6.07) is 4.90. The smallest absolute Gasteiger partial charge is 0.257 e. The Morgan fingerprint density at radius 1 is 1.29 bits per heavy atom. The van der Waals surface area contributed by atoms with Crippen molar-refractivity contribution in [3.05, 3.63) is 42.4 Å². The Labute approximate surface area is 200 Å². The van der Waals surface area contributed by atoms with Crippen LogP contribution in [-0.4, -0.2) is 73.7 Å². The van der Waals surface area contributed by atoms with E-state index in [1.54, 1.807) is 17.8 Å². The minimum atomic E-state index is -0.913. The maximum Gasteiger partial charge on any atom is 0.257 e. The average molecular weight is 480 g/mol. The fourth-order valence-electron chi connectivity index (χ4n) is 5.11. The number of nitrogens with zero attached hydrogens (tertiary/aromatic N) is 5. The highest BCUT2D eigenvalue weighted by Gasteiger charge is 2.31. The van der Waals surface area contributed by atoms with E-state index < -0.39 is 24.2 Å². The van der Waals surface area contributed by atoms with Crippen LogP contribution in [0.5, 0.6) is 0 Å². The number of hydrogen-bond acceptors (Lipinski definition) is 7. The van der Waals surface area contributed by atoms with E-state index in [2.05, 4.69) is 20.7 Å². The summed E-state index contributed by atoms with van der Waals surface area (Å²) in [6.07, 6.45) is 5.57. The molecule has 4 atom stereocenters. The van der Waals surface area contributed by atoms with Gasteiger partial charge in [0.25, 0.3) is 5.91 Å². The van der Waals surface area contributed by atoms with Crippen molar-refractivity contribution >= 4 is 28.4 Å². The summed E-state index contributed by atoms with van der Waals surface area (Å²) in [7, 11) is 1.77. The van der Waals surface area contributed by atoms with Crippen LogP contribution in [-0.2, 0) is 4.74 Å². The largest absolute Gasteiger partial charge is 0.388 e. The number of hydrogen-bond donors (Lipinski definition) is 3. The van der Waals surface area contributed by atoms with E-state index in [9.17, 15) is 14.3 Å². The lowest BCUT2D eigenvalue weighted by Crippen LogP contribution is -2.42. The number of fused-ring (bicyclic) bond motifs is 2. The zero-order chi connectivity index (χ0) is 24.1. The van der Waals surface area contributed by atoms with E-state index in [0.29, 0.717) is 29.2 Å². The van der Waals surface area contributed by atoms with Gasteiger partial charge in [0.2, 0.25) is 0 Å². The molecule has 0 unspecified atom stereocenters. The second-order valence-corrected chi connectivity index (χ2v) is 9.09. The quantitative estimate of drug-likeness (QED) is 0.402. The number of carbonyl (C=O) groups excluding carboxylic acids is 1. The van der Waals surface area contributed by atoms with Gasteiger partial charge in [-0.05, 0) is 31.4 Å². The third-order valence-corrected chi connectivity index (χ3v) is 6.96. The molecular formula is C24H26FN7O3. The van der Waals surface area contributed by atoms with Crippen molar-refractivity contribution in [2.75, 3.05) is 25.6 Å². The molecule has 4 aromatic rings. The van der Waals surface area contributed by atoms with E-state index in [0.717, 1.165) is 23.8 Å². The first-order valence-corrected chi connectivity index (χ1v) is 11.8. The second-order valence-electron chi connectivity index (χ2n) is 9.09. The monoisotopic (exact) mass is 479 g/mol. The first kappa shape index (κ1) is 21.9. The van der Waals surface area contributed by atoms with Crippen LogP contribution in [0.15, 0.2) is 36.8 Å². The minimum Gasteiger partial charge on any atom is -0.388 e. The molecule has 0 aromatic carbocycles. The maximum atomic E-state index is 14.7. The van der Waals surface area contributed by atoms with Crippen LogP contribution in [0.3, 0.4) is 0 Å². The third-order valence-electron chi connectivity index (χ3n) is 6.96. The summed E-state index contributed by atoms with van der Waals surface area (Å²) in [4.78, 5) is 22.4. The molecule has 0 bridgehead atoms. The number of aliphatic hydroxyl groups excluding tert-OH is 1. The van der Waals surface area contributed by atoms with Crippen LogP contribution in [0.4, 0.5) is 10.2 Å². The molecule has 3 N–H and O–H groups in total. The van der Waals surface area contributed by atoms with Crippen molar-refractivity contribution in [2.24, 2.45) is 0 Å². The Hall–Kier alpha value is -3.57. The van der Waals surface area contributed by atoms with Gasteiger partial charge in [0.1, 0.15) is 23.2 Å². The molecule has 1 saturated heterocycles. The SMILES string of the molecule is CNc1cc(-c2cn([C@@H]3CCC[C@@H]3F)c3ncccc23)nc2c(C(=O)N[C@@H]3COC[C@@H]3O)cnn12. The number of pyridine rings is 1. The average Bonchev–Trinajstić information content (AvgIpc) is 3.65. The molecule has 2 aliphatic rings. The van der Waals surface area contributed by atoms with Crippen LogP contribution >= 0.6 is 0 Å². The lowest BCUT2D eigenvalue weighted by Gasteiger charge is -2.15. The van der Waals surface area contributed by atoms with E-state index in [4.69, 9.17) is 9.72 Å². The lowest BCUT2D eigenvalue weighted by molar-refractivity contribution is 0.0888. The van der Waals surface area contributed by atoms with Crippen LogP contribution in [0.2, 0.25) is 0 Å². The van der Waals surface area contributed by atoms with Crippen molar-refractivity contribution in [3.63, 3.8) is 0 Å². The van der Waals surface area contributed by atoms with Gasteiger partial charge in [-0.15, -0.1) is 0 Å². The highest BCUT2D eigenvalue weighted by Crippen LogP contribution is 2.38. The number of aromatic nitrogens is 5. The van der Waals surface area contributed by atoms with E-state index in [1.165, 1.54) is 6.20 Å². The number of alkyl halides is 1. The van der Waals surface area contributed by atoms with Crippen LogP contribution in [0, 0.1) is 0 Å². The number of rotatable bonds is 5. The van der Waals surface area contributed by atoms with Gasteiger partial charge in [-0.25, -0.2) is 14.4 Å². The fourth-order valence-corrected chi connectivity index (χ4v) is 5.11. The van der Waals surface area contributed by atoms with Gasteiger partial charge in [-0.3, -0.25) is 4.79 Å². The number of nitrogens with one attached hydrogen (secondary N) is 2. The number of amides is 1. The molecule has 182 valence electrons. The summed E-state index contributed by atoms with van der Waals surface area (Å²) in [5, 5.41) is 21.2. The van der Waals surface area contributed by atoms with Gasteiger partial charge in [0, 0.05) is 36.5 Å². The number of aliphatic hydroxyl groups is 1. The Kier molecular flexibility index (Phi) is 5.37. The predicted molar refractivity (Wildman–Crippen MR) is 127 cm³/mol. The van der Waals surface area contributed by atoms with Crippen molar-refractivity contribution < 1.29 is 19.0 Å². The third kappa shape index (κ3) is 3.62. The van der Waals surface area contributed by atoms with Gasteiger partial charge in [-0.1, -0.05) is 0 Å². The number of carbonyl (C=O) groups is 1. The lowest BCUT2D eigenvalue weighted by atomic mass is 10.1. The van der Waals surface area contributed by atoms with E-state index in [1.807, 2.05) is 29.0 Å². The first-order chi connectivity index (χ1) is 17.0. The van der Waals surface area contributed by atoms with Crippen molar-refractivity contribution in [3.8, 4) is 11.3 Å². The zero-order valence-corrected chi connectivity index (χ0v) is 19.2. The number of halogens is 1. The molecule has 4 aromatic heterocycles. The van der Waals surface area contributed by atoms with Gasteiger partial charge in [-0.2, -0.15) is 9.61 Å². The topological polar surface area (TPSA) is 119 Å². The summed E-state index contributed by atoms with van der Waals surface area (Å²) in [6.45, 7) is 0.431. The molecule has 1 amide bonds. The van der Waals surface area contributed by atoms with Crippen LogP contribution in [0.1, 0.15) is 35.7 Å². The van der Waals surface area contributed by atoms with E-state index >= 15 is 0 Å². The molecule has 1 aliphatic carbocycles. The summed E-state index contributed by atoms with van der Waals surface area (Å²) >= 11 is 0. The molecule has 35 heavy (non-hydrogen) atoms. The standard InChI is InChI=1S/C24H26FN7O3/c1-26-21-8-17(15-10-31(19-6-2-5-16(19)25)22-13(15)4-3-7-27-22)29-23-14(9-28-32(21)23)24(34)30-18-11-35-12-20(18)33/h3-4,7-10,16,18-20,26,33H,2,5-6,11-12H2,1H3,(H,30,34)/t16-,18+,19+,20-/m0/s1. The molecular weight excluding hydrogens is 453 g/mol. The number of anilines is 1. The van der Waals surface area contributed by atoms with Gasteiger partial charge in [0.05, 0.1) is 43.3 Å². The fraction of sp³-hybridized carbons (Fsp3) is 0.417. The Morgan fingerprint density at radius 3 is 2.91 bits per heavy atom. The molecule has 0 spiro atoms. The molecule has 1 aliphatic heterocycles. The molecule has 5 heterocycles. The summed E-state index contributed by atoms with van der Waals surface area (Å²) in [5.74, 6) is 0.249. The Balaban J connectivity index is 1.47. The molecule has 0 radical (unpaired) electrons. The summed E-state index contributed by atoms with van der Waals surface area (Å²) in [5.41, 5.74) is 2.78. The normalized spacial score (nSPS) is 24.4. The molecule has 2 fully saturated rings. The van der Waals surface area contributed by atoms with Gasteiger partial charge in [0.15, 0.2) is 5.65 Å². The van der Waals surface area contributed by atoms with Crippen molar-refractivity contribution in [1.29, 1.82) is 0 Å². The van der Waals surface area contributed by atoms with Gasteiger partial charge >= 0.3 is 0 Å². The second kappa shape index (κ2) is 8.58. The van der Waals surface area contributed by atoms with E-state index in [-0.39, 0.29) is 24.8 Å². The predicted octanol–water partition coefficient (Wildman–Crippen LogP) is 2.34. The number of ether oxygens (including phenoxy) is 1. The highest BCUT2D eigenvalue weighted by molar-refractivity contribution is 6.01. The minimum absolute atomic E-state index is 0.185. The molecule has 6 rings (SSSR count). The van der Waals surface area contributed by atoms with Crippen LogP contribution < -0.4 is 10.6 Å². The van der Waals surface area contributed by atoms with Crippen LogP contribution in [0.25, 0.3) is 27.9 Å². The summed E-state index contributed by atoms with van der Waals surface area (Å²) < 4.78 is 23.4. The maximum absolute atomic E-state index is 14.7. The van der Waals surface area contributed by atoms with Crippen molar-refractivity contribution in [1.82, 2.24) is 29.5 Å². The van der Waals surface area contributed by atoms with Crippen molar-refractivity contribution in [2.45, 2.75) is 43.6 Å². The first-order valence-electron chi connectivity index (χ1n) is 11.8. The Bertz CT molecular complexity index is 1420. The molecule has 11 heteroatoms. The molecule has 1 saturated carbocycles. The molecule has 10 nitrogen and oxygen atoms in total.